The van der Waals surface area contributed by atoms with Gasteiger partial charge in [-0.1, -0.05) is 17.5 Å². The monoisotopic (exact) mass is 298 g/mol. The summed E-state index contributed by atoms with van der Waals surface area (Å²) in [5.41, 5.74) is 3.81. The van der Waals surface area contributed by atoms with Gasteiger partial charge in [0.2, 0.25) is 8.32 Å². The minimum Gasteiger partial charge on any atom is -0.463 e. The van der Waals surface area contributed by atoms with Gasteiger partial charge in [-0.2, -0.15) is 0 Å². The molecule has 0 aliphatic carbocycles. The van der Waals surface area contributed by atoms with Gasteiger partial charge in [-0.15, -0.1) is 13.2 Å². The van der Waals surface area contributed by atoms with Crippen molar-refractivity contribution in [2.45, 2.75) is 39.0 Å². The van der Waals surface area contributed by atoms with Gasteiger partial charge in [-0.05, 0) is 39.0 Å². The van der Waals surface area contributed by atoms with E-state index in [0.29, 0.717) is 6.61 Å². The van der Waals surface area contributed by atoms with Gasteiger partial charge in [0.05, 0.1) is 6.61 Å². The van der Waals surface area contributed by atoms with Crippen molar-refractivity contribution >= 4 is 22.6 Å². The van der Waals surface area contributed by atoms with Crippen LogP contribution in [0.15, 0.2) is 36.7 Å². The lowest BCUT2D eigenvalue weighted by atomic mass is 10.5. The summed E-state index contributed by atoms with van der Waals surface area (Å²) < 4.78 is 11.3. The summed E-state index contributed by atoms with van der Waals surface area (Å²) in [6, 6.07) is 0.959. The van der Waals surface area contributed by atoms with Crippen LogP contribution in [0, 0.1) is 0 Å². The van der Waals surface area contributed by atoms with E-state index < -0.39 is 16.6 Å². The first-order chi connectivity index (χ1) is 8.78. The van der Waals surface area contributed by atoms with Crippen molar-refractivity contribution in [3.63, 3.8) is 0 Å². The zero-order chi connectivity index (χ0) is 14.9. The third kappa shape index (κ3) is 7.97. The predicted molar refractivity (Wildman–Crippen MR) is 85.8 cm³/mol. The zero-order valence-electron chi connectivity index (χ0n) is 12.6. The van der Waals surface area contributed by atoms with Crippen LogP contribution in [0.1, 0.15) is 13.3 Å². The number of rotatable bonds is 9. The molecule has 0 radical (unpaired) electrons. The molecule has 0 aromatic carbocycles. The van der Waals surface area contributed by atoms with Gasteiger partial charge in [0, 0.05) is 6.08 Å². The molecule has 3 nitrogen and oxygen atoms in total. The Bertz CT molecular complexity index is 341. The first-order valence-corrected chi connectivity index (χ1v) is 12.2. The van der Waals surface area contributed by atoms with Crippen LogP contribution in [-0.4, -0.2) is 29.2 Å². The van der Waals surface area contributed by atoms with Gasteiger partial charge in [-0.3, -0.25) is 0 Å². The lowest BCUT2D eigenvalue weighted by Crippen LogP contribution is -2.44. The van der Waals surface area contributed by atoms with Crippen LogP contribution < -0.4 is 0 Å². The number of esters is 1. The maximum Gasteiger partial charge on any atom is 0.330 e. The number of carbonyl (C=O) groups excluding carboxylic acids is 1. The van der Waals surface area contributed by atoms with Crippen molar-refractivity contribution in [3.8, 4) is 0 Å². The van der Waals surface area contributed by atoms with Gasteiger partial charge in [0.1, 0.15) is 0 Å². The minimum atomic E-state index is -1.96. The fourth-order valence-electron chi connectivity index (χ4n) is 1.67. The van der Waals surface area contributed by atoms with Crippen molar-refractivity contribution in [2.75, 3.05) is 6.61 Å². The SMILES string of the molecule is C=C[Si](C)(C=C)O[Si](C)(C)CCCOC(=O)C=CC. The Morgan fingerprint density at radius 3 is 2.26 bits per heavy atom. The van der Waals surface area contributed by atoms with E-state index in [9.17, 15) is 4.79 Å². The molecule has 0 aromatic heterocycles. The molecular weight excluding hydrogens is 272 g/mol. The molecule has 108 valence electrons. The van der Waals surface area contributed by atoms with E-state index in [2.05, 4.69) is 32.8 Å². The molecule has 0 N–H and O–H groups in total. The Kier molecular flexibility index (Phi) is 7.89. The maximum absolute atomic E-state index is 11.1. The predicted octanol–water partition coefficient (Wildman–Crippen LogP) is 3.74. The molecule has 0 amide bonds. The average Bonchev–Trinajstić information content (AvgIpc) is 2.34. The van der Waals surface area contributed by atoms with E-state index in [-0.39, 0.29) is 5.97 Å². The zero-order valence-corrected chi connectivity index (χ0v) is 14.6. The Hall–Kier alpha value is -0.916. The first kappa shape index (κ1) is 18.1. The molecule has 0 aromatic rings. The molecule has 0 atom stereocenters. The molecule has 0 rings (SSSR count). The second-order valence-electron chi connectivity index (χ2n) is 5.22. The minimum absolute atomic E-state index is 0.278. The van der Waals surface area contributed by atoms with Crippen LogP contribution in [0.2, 0.25) is 25.7 Å². The summed E-state index contributed by atoms with van der Waals surface area (Å²) in [5.74, 6) is -0.278. The van der Waals surface area contributed by atoms with E-state index in [1.54, 1.807) is 13.0 Å². The Morgan fingerprint density at radius 1 is 1.21 bits per heavy atom. The van der Waals surface area contributed by atoms with Crippen molar-refractivity contribution in [1.82, 2.24) is 0 Å². The van der Waals surface area contributed by atoms with Crippen LogP contribution in [-0.2, 0) is 13.6 Å². The van der Waals surface area contributed by atoms with Crippen LogP contribution in [0.3, 0.4) is 0 Å². The molecular formula is C14H26O3Si2. The number of allylic oxidation sites excluding steroid dienone is 1. The molecule has 0 fully saturated rings. The van der Waals surface area contributed by atoms with Gasteiger partial charge < -0.3 is 8.85 Å². The van der Waals surface area contributed by atoms with Crippen molar-refractivity contribution in [2.24, 2.45) is 0 Å². The van der Waals surface area contributed by atoms with Gasteiger partial charge in [0.25, 0.3) is 0 Å². The van der Waals surface area contributed by atoms with Gasteiger partial charge in [0.15, 0.2) is 8.32 Å². The van der Waals surface area contributed by atoms with Crippen LogP contribution >= 0.6 is 0 Å². The summed E-state index contributed by atoms with van der Waals surface area (Å²) >= 11 is 0. The number of hydrogen-bond donors (Lipinski definition) is 0. The number of carbonyl (C=O) groups is 1. The van der Waals surface area contributed by atoms with E-state index in [1.165, 1.54) is 6.08 Å². The summed E-state index contributed by atoms with van der Waals surface area (Å²) in [6.07, 6.45) is 3.94. The fourth-order valence-corrected chi connectivity index (χ4v) is 8.67. The van der Waals surface area contributed by atoms with Crippen LogP contribution in [0.25, 0.3) is 0 Å². The summed E-state index contributed by atoms with van der Waals surface area (Å²) in [7, 11) is -3.72. The molecule has 0 heterocycles. The molecule has 0 unspecified atom stereocenters. The van der Waals surface area contributed by atoms with E-state index in [4.69, 9.17) is 8.85 Å². The molecule has 0 aliphatic rings. The van der Waals surface area contributed by atoms with Crippen molar-refractivity contribution in [1.29, 1.82) is 0 Å². The molecule has 0 aliphatic heterocycles. The molecule has 19 heavy (non-hydrogen) atoms. The van der Waals surface area contributed by atoms with E-state index >= 15 is 0 Å². The molecule has 0 saturated carbocycles. The second-order valence-corrected chi connectivity index (χ2v) is 13.2. The quantitative estimate of drug-likeness (QED) is 0.281. The highest BCUT2D eigenvalue weighted by Crippen LogP contribution is 2.21. The smallest absolute Gasteiger partial charge is 0.330 e. The largest absolute Gasteiger partial charge is 0.463 e. The van der Waals surface area contributed by atoms with Gasteiger partial charge >= 0.3 is 5.97 Å². The van der Waals surface area contributed by atoms with Crippen molar-refractivity contribution < 1.29 is 13.6 Å². The highest BCUT2D eigenvalue weighted by atomic mass is 28.4. The third-order valence-electron chi connectivity index (χ3n) is 2.78. The highest BCUT2D eigenvalue weighted by molar-refractivity contribution is 6.90. The van der Waals surface area contributed by atoms with E-state index in [1.807, 2.05) is 11.4 Å². The van der Waals surface area contributed by atoms with Gasteiger partial charge in [-0.25, -0.2) is 4.79 Å². The standard InChI is InChI=1S/C14H26O3Si2/c1-7-11-14(15)16-12-10-13-18(4,5)17-19(6,8-2)9-3/h7-9,11H,2-3,10,12-13H2,1,4-6H3. The fraction of sp³-hybridized carbons (Fsp3) is 0.500. The lowest BCUT2D eigenvalue weighted by Gasteiger charge is -2.32. The Morgan fingerprint density at radius 2 is 1.79 bits per heavy atom. The van der Waals surface area contributed by atoms with Crippen LogP contribution in [0.5, 0.6) is 0 Å². The molecule has 5 heteroatoms. The normalized spacial score (nSPS) is 12.4. The molecule has 0 bridgehead atoms. The average molecular weight is 299 g/mol. The second kappa shape index (κ2) is 8.29. The maximum atomic E-state index is 11.1. The first-order valence-electron chi connectivity index (χ1n) is 6.55. The third-order valence-corrected chi connectivity index (χ3v) is 9.93. The molecule has 0 spiro atoms. The Labute approximate surface area is 119 Å². The summed E-state index contributed by atoms with van der Waals surface area (Å²) in [4.78, 5) is 11.1. The molecule has 0 saturated heterocycles. The summed E-state index contributed by atoms with van der Waals surface area (Å²) in [5, 5.41) is 0. The number of ether oxygens (including phenoxy) is 1. The Balaban J connectivity index is 4.14. The topological polar surface area (TPSA) is 35.5 Å². The van der Waals surface area contributed by atoms with Crippen molar-refractivity contribution in [3.05, 3.63) is 36.7 Å². The van der Waals surface area contributed by atoms with E-state index in [0.717, 1.165) is 12.5 Å². The summed E-state index contributed by atoms with van der Waals surface area (Å²) in [6.45, 7) is 16.4. The lowest BCUT2D eigenvalue weighted by molar-refractivity contribution is -0.137. The highest BCUT2D eigenvalue weighted by Gasteiger charge is 2.31. The van der Waals surface area contributed by atoms with Crippen LogP contribution in [0.4, 0.5) is 0 Å². The number of hydrogen-bond acceptors (Lipinski definition) is 3.